The van der Waals surface area contributed by atoms with Crippen LogP contribution in [0, 0.1) is 11.8 Å². The van der Waals surface area contributed by atoms with E-state index in [1.807, 2.05) is 6.92 Å². The van der Waals surface area contributed by atoms with Crippen molar-refractivity contribution in [2.75, 3.05) is 26.7 Å². The summed E-state index contributed by atoms with van der Waals surface area (Å²) < 4.78 is 6.26. The van der Waals surface area contributed by atoms with Crippen LogP contribution in [0.1, 0.15) is 32.6 Å². The van der Waals surface area contributed by atoms with Gasteiger partial charge in [0.25, 0.3) is 0 Å². The van der Waals surface area contributed by atoms with E-state index in [1.54, 1.807) is 7.05 Å². The summed E-state index contributed by atoms with van der Waals surface area (Å²) in [7, 11) is 1.54. The first kappa shape index (κ1) is 20.5. The molecular weight excluding hydrogens is 418 g/mol. The van der Waals surface area contributed by atoms with Crippen molar-refractivity contribution < 1.29 is 24.2 Å². The predicted molar refractivity (Wildman–Crippen MR) is 101 cm³/mol. The summed E-state index contributed by atoms with van der Waals surface area (Å²) in [6, 6.07) is -0.780. The van der Waals surface area contributed by atoms with Crippen LogP contribution in [-0.4, -0.2) is 77.0 Å². The zero-order chi connectivity index (χ0) is 19.8. The maximum absolute atomic E-state index is 13.2. The summed E-state index contributed by atoms with van der Waals surface area (Å²) in [6.07, 6.45) is 2.25. The molecule has 2 bridgehead atoms. The number of rotatable bonds is 8. The standard InChI is InChI=1S/C18H28BrN3O5/c1-3-4-6-21-16(25)14-18-9-10(19)13(27-18)11(15(24)20-2)12(18)17(26)22(14)7-5-8-23/h10-14,23H,3-9H2,1-2H3,(H,20,24)(H,21,25)/t10?,11-,12+,13-,14?,18?/m1/s1. The molecule has 3 unspecified atom stereocenters. The second kappa shape index (κ2) is 8.05. The van der Waals surface area contributed by atoms with E-state index >= 15 is 0 Å². The zero-order valence-corrected chi connectivity index (χ0v) is 17.3. The highest BCUT2D eigenvalue weighted by Crippen LogP contribution is 2.59. The van der Waals surface area contributed by atoms with Gasteiger partial charge in [-0.05, 0) is 19.3 Å². The number of nitrogens with one attached hydrogen (secondary N) is 2. The molecule has 0 radical (unpaired) electrons. The summed E-state index contributed by atoms with van der Waals surface area (Å²) >= 11 is 3.59. The number of carbonyl (C=O) groups is 3. The zero-order valence-electron chi connectivity index (χ0n) is 15.7. The van der Waals surface area contributed by atoms with Gasteiger partial charge in [-0.2, -0.15) is 0 Å². The highest BCUT2D eigenvalue weighted by atomic mass is 79.9. The Hall–Kier alpha value is -1.19. The molecule has 0 saturated carbocycles. The molecule has 3 N–H and O–H groups in total. The minimum Gasteiger partial charge on any atom is -0.396 e. The monoisotopic (exact) mass is 445 g/mol. The molecule has 0 aromatic heterocycles. The molecule has 9 heteroatoms. The van der Waals surface area contributed by atoms with Crippen molar-refractivity contribution in [2.45, 2.75) is 55.2 Å². The Morgan fingerprint density at radius 2 is 2.11 bits per heavy atom. The number of alkyl halides is 1. The van der Waals surface area contributed by atoms with Gasteiger partial charge in [0, 0.05) is 31.6 Å². The fourth-order valence-corrected chi connectivity index (χ4v) is 5.81. The van der Waals surface area contributed by atoms with E-state index in [1.165, 1.54) is 4.90 Å². The van der Waals surface area contributed by atoms with Gasteiger partial charge in [0.2, 0.25) is 17.7 Å². The van der Waals surface area contributed by atoms with Gasteiger partial charge in [-0.1, -0.05) is 29.3 Å². The van der Waals surface area contributed by atoms with Crippen LogP contribution in [0.15, 0.2) is 0 Å². The van der Waals surface area contributed by atoms with Crippen molar-refractivity contribution in [3.8, 4) is 0 Å². The molecule has 3 heterocycles. The minimum absolute atomic E-state index is 0.0744. The molecule has 3 amide bonds. The Kier molecular flexibility index (Phi) is 6.12. The first-order valence-electron chi connectivity index (χ1n) is 9.65. The molecule has 0 aromatic carbocycles. The van der Waals surface area contributed by atoms with E-state index in [4.69, 9.17) is 4.74 Å². The summed E-state index contributed by atoms with van der Waals surface area (Å²) in [5.41, 5.74) is -1.00. The van der Waals surface area contributed by atoms with Crippen LogP contribution < -0.4 is 10.6 Å². The molecule has 8 nitrogen and oxygen atoms in total. The van der Waals surface area contributed by atoms with Gasteiger partial charge in [0.05, 0.1) is 17.9 Å². The first-order chi connectivity index (χ1) is 12.9. The van der Waals surface area contributed by atoms with Gasteiger partial charge in [0.1, 0.15) is 11.6 Å². The third kappa shape index (κ3) is 3.17. The average molecular weight is 446 g/mol. The van der Waals surface area contributed by atoms with E-state index in [2.05, 4.69) is 26.6 Å². The van der Waals surface area contributed by atoms with Crippen molar-refractivity contribution in [2.24, 2.45) is 11.8 Å². The summed E-state index contributed by atoms with van der Waals surface area (Å²) in [5.74, 6) is -1.99. The SMILES string of the molecule is CCCCNC(=O)C1N(CCCO)C(=O)[C@@H]2[C@@H](C(=O)NC)[C@@H]3OC12CC3Br. The Balaban J connectivity index is 1.95. The van der Waals surface area contributed by atoms with E-state index < -0.39 is 29.6 Å². The van der Waals surface area contributed by atoms with Crippen LogP contribution in [0.25, 0.3) is 0 Å². The molecule has 3 aliphatic rings. The minimum atomic E-state index is -1.00. The fourth-order valence-electron chi connectivity index (χ4n) is 4.86. The lowest BCUT2D eigenvalue weighted by Crippen LogP contribution is -2.56. The van der Waals surface area contributed by atoms with Gasteiger partial charge < -0.3 is 25.4 Å². The van der Waals surface area contributed by atoms with Crippen molar-refractivity contribution >= 4 is 33.7 Å². The van der Waals surface area contributed by atoms with Crippen LogP contribution >= 0.6 is 15.9 Å². The number of aliphatic hydroxyl groups excluding tert-OH is 1. The van der Waals surface area contributed by atoms with E-state index in [9.17, 15) is 19.5 Å². The van der Waals surface area contributed by atoms with E-state index in [0.717, 1.165) is 12.8 Å². The van der Waals surface area contributed by atoms with Crippen LogP contribution in [0.4, 0.5) is 0 Å². The molecule has 3 fully saturated rings. The fraction of sp³-hybridized carbons (Fsp3) is 0.833. The van der Waals surface area contributed by atoms with E-state index in [-0.39, 0.29) is 35.7 Å². The largest absolute Gasteiger partial charge is 0.396 e. The predicted octanol–water partition coefficient (Wildman–Crippen LogP) is -0.221. The number of likely N-dealkylation sites (tertiary alicyclic amines) is 1. The quantitative estimate of drug-likeness (QED) is 0.353. The summed E-state index contributed by atoms with van der Waals surface area (Å²) in [5, 5.41) is 14.8. The number of fused-ring (bicyclic) bond motifs is 1. The van der Waals surface area contributed by atoms with Crippen LogP contribution in [0.3, 0.4) is 0 Å². The second-order valence-corrected chi connectivity index (χ2v) is 8.71. The summed E-state index contributed by atoms with van der Waals surface area (Å²) in [4.78, 5) is 40.2. The molecule has 6 atom stereocenters. The van der Waals surface area contributed by atoms with Gasteiger partial charge >= 0.3 is 0 Å². The number of ether oxygens (including phenoxy) is 1. The topological polar surface area (TPSA) is 108 Å². The first-order valence-corrected chi connectivity index (χ1v) is 10.6. The Morgan fingerprint density at radius 3 is 2.74 bits per heavy atom. The maximum atomic E-state index is 13.2. The third-order valence-electron chi connectivity index (χ3n) is 5.97. The molecule has 0 aliphatic carbocycles. The number of hydrogen-bond acceptors (Lipinski definition) is 5. The molecule has 1 spiro atoms. The lowest BCUT2D eigenvalue weighted by molar-refractivity contribution is -0.142. The number of carbonyl (C=O) groups excluding carboxylic acids is 3. The molecular formula is C18H28BrN3O5. The van der Waals surface area contributed by atoms with Gasteiger partial charge in [-0.3, -0.25) is 14.4 Å². The molecule has 3 rings (SSSR count). The lowest BCUT2D eigenvalue weighted by Gasteiger charge is -2.34. The molecule has 0 aromatic rings. The van der Waals surface area contributed by atoms with Gasteiger partial charge in [0.15, 0.2) is 0 Å². The smallest absolute Gasteiger partial charge is 0.245 e. The van der Waals surface area contributed by atoms with Crippen LogP contribution in [0.2, 0.25) is 0 Å². The lowest BCUT2D eigenvalue weighted by atomic mass is 9.70. The number of unbranched alkanes of at least 4 members (excludes halogenated alkanes) is 1. The Labute approximate surface area is 167 Å². The average Bonchev–Trinajstić information content (AvgIpc) is 3.23. The number of halogens is 1. The molecule has 152 valence electrons. The maximum Gasteiger partial charge on any atom is 0.245 e. The van der Waals surface area contributed by atoms with Crippen LogP contribution in [0.5, 0.6) is 0 Å². The number of amides is 3. The normalized spacial score (nSPS) is 36.8. The Morgan fingerprint density at radius 1 is 1.37 bits per heavy atom. The van der Waals surface area contributed by atoms with Crippen LogP contribution in [-0.2, 0) is 19.1 Å². The van der Waals surface area contributed by atoms with Gasteiger partial charge in [-0.25, -0.2) is 0 Å². The molecule has 3 saturated heterocycles. The number of nitrogens with zero attached hydrogens (tertiary/aromatic N) is 1. The summed E-state index contributed by atoms with van der Waals surface area (Å²) in [6.45, 7) is 2.77. The highest BCUT2D eigenvalue weighted by molar-refractivity contribution is 9.09. The molecule has 27 heavy (non-hydrogen) atoms. The number of hydrogen-bond donors (Lipinski definition) is 3. The van der Waals surface area contributed by atoms with E-state index in [0.29, 0.717) is 19.4 Å². The highest BCUT2D eigenvalue weighted by Gasteiger charge is 2.76. The van der Waals surface area contributed by atoms with Gasteiger partial charge in [-0.15, -0.1) is 0 Å². The van der Waals surface area contributed by atoms with Crippen molar-refractivity contribution in [3.63, 3.8) is 0 Å². The van der Waals surface area contributed by atoms with Crippen molar-refractivity contribution in [1.29, 1.82) is 0 Å². The number of aliphatic hydroxyl groups is 1. The van der Waals surface area contributed by atoms with Crippen molar-refractivity contribution in [1.82, 2.24) is 15.5 Å². The van der Waals surface area contributed by atoms with Crippen molar-refractivity contribution in [3.05, 3.63) is 0 Å². The Bertz CT molecular complexity index is 618. The molecule has 3 aliphatic heterocycles. The third-order valence-corrected chi connectivity index (χ3v) is 6.82. The second-order valence-electron chi connectivity index (χ2n) is 7.53.